The number of allylic oxidation sites excluding steroid dienone is 1. The summed E-state index contributed by atoms with van der Waals surface area (Å²) in [6.45, 7) is 4.01. The highest BCUT2D eigenvalue weighted by Crippen LogP contribution is 2.39. The number of carbonyl (C=O) groups is 2. The van der Waals surface area contributed by atoms with Crippen molar-refractivity contribution in [2.75, 3.05) is 14.2 Å². The van der Waals surface area contributed by atoms with Crippen LogP contribution < -0.4 is 0 Å². The number of likely N-dealkylation sites (N-methyl/N-ethyl adjacent to an activating group) is 1. The number of hydrogen-bond donors (Lipinski definition) is 0. The molecule has 1 amide bonds. The standard InChI is InChI=1S/C14H19NO3/c1-8-7-10-5-6-11(16)15(3)13(10)12(9(8)2)14(17)18-4/h5-6,10,12-13H,7H2,1-4H3/t10-,12-,13?/m0/s1. The molecule has 1 aliphatic heterocycles. The van der Waals surface area contributed by atoms with Gasteiger partial charge in [0.2, 0.25) is 5.91 Å². The Balaban J connectivity index is 2.46. The fourth-order valence-corrected chi connectivity index (χ4v) is 3.01. The van der Waals surface area contributed by atoms with E-state index in [1.807, 2.05) is 19.9 Å². The molecule has 2 aliphatic rings. The number of amides is 1. The zero-order valence-corrected chi connectivity index (χ0v) is 11.3. The van der Waals surface area contributed by atoms with Crippen LogP contribution in [0, 0.1) is 11.8 Å². The first-order valence-electron chi connectivity index (χ1n) is 6.16. The highest BCUT2D eigenvalue weighted by atomic mass is 16.5. The second-order valence-electron chi connectivity index (χ2n) is 5.13. The van der Waals surface area contributed by atoms with Gasteiger partial charge in [-0.3, -0.25) is 9.59 Å². The Morgan fingerprint density at radius 3 is 2.72 bits per heavy atom. The van der Waals surface area contributed by atoms with Crippen molar-refractivity contribution in [1.82, 2.24) is 4.90 Å². The zero-order chi connectivity index (χ0) is 13.4. The number of fused-ring (bicyclic) bond motifs is 1. The van der Waals surface area contributed by atoms with E-state index in [0.29, 0.717) is 0 Å². The van der Waals surface area contributed by atoms with Crippen molar-refractivity contribution in [2.24, 2.45) is 11.8 Å². The molecule has 4 heteroatoms. The molecule has 0 fully saturated rings. The van der Waals surface area contributed by atoms with Crippen molar-refractivity contribution in [3.05, 3.63) is 23.3 Å². The quantitative estimate of drug-likeness (QED) is 0.523. The average molecular weight is 249 g/mol. The highest BCUT2D eigenvalue weighted by Gasteiger charge is 2.44. The molecule has 0 aromatic heterocycles. The van der Waals surface area contributed by atoms with E-state index in [0.717, 1.165) is 12.0 Å². The number of esters is 1. The van der Waals surface area contributed by atoms with Crippen LogP contribution in [0.5, 0.6) is 0 Å². The zero-order valence-electron chi connectivity index (χ0n) is 11.3. The third-order valence-corrected chi connectivity index (χ3v) is 4.20. The van der Waals surface area contributed by atoms with Gasteiger partial charge in [-0.05, 0) is 26.3 Å². The van der Waals surface area contributed by atoms with Crippen molar-refractivity contribution < 1.29 is 14.3 Å². The first-order valence-corrected chi connectivity index (χ1v) is 6.16. The SMILES string of the molecule is COC(=O)[C@H]1C(C)=C(C)C[C@@H]2C=CC(=O)N(C)C12. The van der Waals surface area contributed by atoms with Gasteiger partial charge in [0, 0.05) is 13.0 Å². The molecule has 0 aromatic rings. The molecule has 4 nitrogen and oxygen atoms in total. The molecule has 3 atom stereocenters. The van der Waals surface area contributed by atoms with E-state index in [4.69, 9.17) is 4.74 Å². The Morgan fingerprint density at radius 2 is 2.11 bits per heavy atom. The largest absolute Gasteiger partial charge is 0.468 e. The van der Waals surface area contributed by atoms with E-state index in [1.165, 1.54) is 12.7 Å². The van der Waals surface area contributed by atoms with Crippen molar-refractivity contribution in [3.8, 4) is 0 Å². The van der Waals surface area contributed by atoms with Crippen LogP contribution in [-0.4, -0.2) is 37.0 Å². The van der Waals surface area contributed by atoms with Gasteiger partial charge in [-0.2, -0.15) is 0 Å². The van der Waals surface area contributed by atoms with Crippen LogP contribution in [-0.2, 0) is 14.3 Å². The number of carbonyl (C=O) groups excluding carboxylic acids is 2. The van der Waals surface area contributed by atoms with Gasteiger partial charge in [-0.1, -0.05) is 17.2 Å². The van der Waals surface area contributed by atoms with Gasteiger partial charge >= 0.3 is 5.97 Å². The molecule has 98 valence electrons. The fraction of sp³-hybridized carbons (Fsp3) is 0.571. The maximum atomic E-state index is 12.0. The topological polar surface area (TPSA) is 46.6 Å². The second kappa shape index (κ2) is 4.59. The average Bonchev–Trinajstić information content (AvgIpc) is 2.35. The molecule has 0 bridgehead atoms. The summed E-state index contributed by atoms with van der Waals surface area (Å²) in [7, 11) is 3.16. The van der Waals surface area contributed by atoms with Crippen molar-refractivity contribution >= 4 is 11.9 Å². The lowest BCUT2D eigenvalue weighted by molar-refractivity contribution is -0.148. The minimum absolute atomic E-state index is 0.0440. The van der Waals surface area contributed by atoms with Gasteiger partial charge in [0.25, 0.3) is 0 Å². The smallest absolute Gasteiger partial charge is 0.314 e. The molecule has 0 N–H and O–H groups in total. The lowest BCUT2D eigenvalue weighted by atomic mass is 9.72. The molecular formula is C14H19NO3. The van der Waals surface area contributed by atoms with Crippen LogP contribution in [0.3, 0.4) is 0 Å². The minimum atomic E-state index is -0.340. The Morgan fingerprint density at radius 1 is 1.44 bits per heavy atom. The van der Waals surface area contributed by atoms with Crippen molar-refractivity contribution in [3.63, 3.8) is 0 Å². The number of methoxy groups -OCH3 is 1. The predicted octanol–water partition coefficient (Wildman–Crippen LogP) is 1.53. The summed E-state index contributed by atoms with van der Waals surface area (Å²) in [5, 5.41) is 0. The predicted molar refractivity (Wildman–Crippen MR) is 67.7 cm³/mol. The van der Waals surface area contributed by atoms with E-state index in [-0.39, 0.29) is 29.8 Å². The van der Waals surface area contributed by atoms with Crippen LogP contribution in [0.25, 0.3) is 0 Å². The van der Waals surface area contributed by atoms with Crippen LogP contribution in [0.15, 0.2) is 23.3 Å². The molecule has 0 saturated heterocycles. The lowest BCUT2D eigenvalue weighted by Crippen LogP contribution is -2.52. The van der Waals surface area contributed by atoms with Gasteiger partial charge in [0.1, 0.15) is 0 Å². The normalized spacial score (nSPS) is 31.4. The van der Waals surface area contributed by atoms with Crippen LogP contribution >= 0.6 is 0 Å². The van der Waals surface area contributed by atoms with Gasteiger partial charge < -0.3 is 9.64 Å². The maximum Gasteiger partial charge on any atom is 0.314 e. The molecule has 2 rings (SSSR count). The second-order valence-corrected chi connectivity index (χ2v) is 5.13. The van der Waals surface area contributed by atoms with Crippen molar-refractivity contribution in [1.29, 1.82) is 0 Å². The van der Waals surface area contributed by atoms with Gasteiger partial charge in [-0.15, -0.1) is 0 Å². The molecule has 18 heavy (non-hydrogen) atoms. The first kappa shape index (κ1) is 12.9. The van der Waals surface area contributed by atoms with Crippen LogP contribution in [0.4, 0.5) is 0 Å². The summed E-state index contributed by atoms with van der Waals surface area (Å²) in [4.78, 5) is 25.4. The number of rotatable bonds is 1. The Hall–Kier alpha value is -1.58. The van der Waals surface area contributed by atoms with Gasteiger partial charge in [-0.25, -0.2) is 0 Å². The lowest BCUT2D eigenvalue weighted by Gasteiger charge is -2.43. The Bertz CT molecular complexity index is 450. The molecular weight excluding hydrogens is 230 g/mol. The summed E-state index contributed by atoms with van der Waals surface area (Å²) in [6, 6.07) is -0.112. The van der Waals surface area contributed by atoms with Crippen molar-refractivity contribution in [2.45, 2.75) is 26.3 Å². The number of hydrogen-bond acceptors (Lipinski definition) is 3. The number of nitrogens with zero attached hydrogens (tertiary/aromatic N) is 1. The van der Waals surface area contributed by atoms with E-state index < -0.39 is 0 Å². The number of ether oxygens (including phenoxy) is 1. The monoisotopic (exact) mass is 249 g/mol. The minimum Gasteiger partial charge on any atom is -0.468 e. The summed E-state index contributed by atoms with van der Waals surface area (Å²) in [6.07, 6.45) is 4.43. The summed E-state index contributed by atoms with van der Waals surface area (Å²) < 4.78 is 4.91. The summed E-state index contributed by atoms with van der Waals surface area (Å²) >= 11 is 0. The highest BCUT2D eigenvalue weighted by molar-refractivity contribution is 5.90. The molecule has 0 radical (unpaired) electrons. The first-order chi connectivity index (χ1) is 8.47. The Kier molecular flexibility index (Phi) is 3.28. The molecule has 0 saturated carbocycles. The summed E-state index contributed by atoms with van der Waals surface area (Å²) in [5.41, 5.74) is 2.26. The van der Waals surface area contributed by atoms with E-state index in [9.17, 15) is 9.59 Å². The molecule has 0 spiro atoms. The summed E-state index contributed by atoms with van der Waals surface area (Å²) in [5.74, 6) is -0.429. The van der Waals surface area contributed by atoms with E-state index in [1.54, 1.807) is 18.0 Å². The van der Waals surface area contributed by atoms with E-state index in [2.05, 4.69) is 0 Å². The van der Waals surface area contributed by atoms with E-state index >= 15 is 0 Å². The third-order valence-electron chi connectivity index (χ3n) is 4.20. The molecule has 1 heterocycles. The maximum absolute atomic E-state index is 12.0. The fourth-order valence-electron chi connectivity index (χ4n) is 3.01. The van der Waals surface area contributed by atoms with Gasteiger partial charge in [0.05, 0.1) is 19.1 Å². The third kappa shape index (κ3) is 1.85. The molecule has 1 aliphatic carbocycles. The van der Waals surface area contributed by atoms with Crippen LogP contribution in [0.1, 0.15) is 20.3 Å². The Labute approximate surface area is 107 Å². The molecule has 1 unspecified atom stereocenters. The van der Waals surface area contributed by atoms with Crippen LogP contribution in [0.2, 0.25) is 0 Å². The van der Waals surface area contributed by atoms with Gasteiger partial charge in [0.15, 0.2) is 0 Å². The molecule has 0 aromatic carbocycles.